The van der Waals surface area contributed by atoms with Gasteiger partial charge in [0.2, 0.25) is 10.0 Å². The lowest BCUT2D eigenvalue weighted by Crippen LogP contribution is -2.29. The SMILES string of the molecule is O=S(=O)(c1ccc(-n2cccn2)cc1)N1CCC(n2cnc3ccccc32)C1. The molecule has 2 aromatic heterocycles. The van der Waals surface area contributed by atoms with E-state index in [0.717, 1.165) is 23.1 Å². The third-order valence-corrected chi connectivity index (χ3v) is 7.12. The molecule has 1 unspecified atom stereocenters. The number of imidazole rings is 1. The molecule has 0 N–H and O–H groups in total. The molecule has 1 fully saturated rings. The van der Waals surface area contributed by atoms with Crippen LogP contribution in [0.2, 0.25) is 0 Å². The molecular weight excluding hydrogens is 374 g/mol. The van der Waals surface area contributed by atoms with E-state index in [9.17, 15) is 8.42 Å². The van der Waals surface area contributed by atoms with Crippen LogP contribution < -0.4 is 0 Å². The van der Waals surface area contributed by atoms with Crippen molar-refractivity contribution in [1.29, 1.82) is 0 Å². The number of aromatic nitrogens is 4. The Morgan fingerprint density at radius 1 is 1.00 bits per heavy atom. The van der Waals surface area contributed by atoms with Crippen LogP contribution in [-0.2, 0) is 10.0 Å². The second-order valence-electron chi connectivity index (χ2n) is 6.89. The van der Waals surface area contributed by atoms with Crippen LogP contribution in [0, 0.1) is 0 Å². The summed E-state index contributed by atoms with van der Waals surface area (Å²) in [5.74, 6) is 0. The summed E-state index contributed by atoms with van der Waals surface area (Å²) in [6.45, 7) is 0.948. The molecule has 3 heterocycles. The monoisotopic (exact) mass is 393 g/mol. The highest BCUT2D eigenvalue weighted by Gasteiger charge is 2.33. The minimum Gasteiger partial charge on any atom is -0.326 e. The van der Waals surface area contributed by atoms with Gasteiger partial charge in [0.25, 0.3) is 0 Å². The van der Waals surface area contributed by atoms with Crippen LogP contribution in [0.4, 0.5) is 0 Å². The molecular formula is C20H19N5O2S. The zero-order chi connectivity index (χ0) is 19.1. The van der Waals surface area contributed by atoms with Gasteiger partial charge in [-0.05, 0) is 48.9 Å². The van der Waals surface area contributed by atoms with E-state index >= 15 is 0 Å². The van der Waals surface area contributed by atoms with Gasteiger partial charge in [-0.2, -0.15) is 9.40 Å². The predicted molar refractivity (Wildman–Crippen MR) is 106 cm³/mol. The zero-order valence-corrected chi connectivity index (χ0v) is 15.9. The highest BCUT2D eigenvalue weighted by atomic mass is 32.2. The van der Waals surface area contributed by atoms with E-state index in [1.54, 1.807) is 39.4 Å². The summed E-state index contributed by atoms with van der Waals surface area (Å²) in [5, 5.41) is 4.17. The quantitative estimate of drug-likeness (QED) is 0.534. The first kappa shape index (κ1) is 17.2. The van der Waals surface area contributed by atoms with E-state index in [1.165, 1.54) is 0 Å². The van der Waals surface area contributed by atoms with Crippen molar-refractivity contribution in [2.45, 2.75) is 17.4 Å². The first-order chi connectivity index (χ1) is 13.6. The largest absolute Gasteiger partial charge is 0.326 e. The average Bonchev–Trinajstić information content (AvgIpc) is 3.48. The van der Waals surface area contributed by atoms with Crippen molar-refractivity contribution in [3.63, 3.8) is 0 Å². The topological polar surface area (TPSA) is 73.0 Å². The highest BCUT2D eigenvalue weighted by molar-refractivity contribution is 7.89. The van der Waals surface area contributed by atoms with Gasteiger partial charge in [-0.25, -0.2) is 18.1 Å². The lowest BCUT2D eigenvalue weighted by molar-refractivity contribution is 0.455. The minimum atomic E-state index is -3.53. The number of fused-ring (bicyclic) bond motifs is 1. The molecule has 142 valence electrons. The predicted octanol–water partition coefficient (Wildman–Crippen LogP) is 2.86. The van der Waals surface area contributed by atoms with E-state index in [1.807, 2.05) is 42.9 Å². The molecule has 8 heteroatoms. The molecule has 28 heavy (non-hydrogen) atoms. The van der Waals surface area contributed by atoms with Gasteiger partial charge in [-0.15, -0.1) is 0 Å². The summed E-state index contributed by atoms with van der Waals surface area (Å²) >= 11 is 0. The molecule has 4 aromatic rings. The van der Waals surface area contributed by atoms with Gasteiger partial charge in [-0.1, -0.05) is 12.1 Å². The standard InChI is InChI=1S/C20H19N5O2S/c26-28(27,18-8-6-16(7-9-18)25-12-3-11-22-25)23-13-10-17(14-23)24-15-21-19-4-1-2-5-20(19)24/h1-9,11-12,15,17H,10,13-14H2. The molecule has 1 atom stereocenters. The smallest absolute Gasteiger partial charge is 0.243 e. The normalized spacial score (nSPS) is 18.1. The van der Waals surface area contributed by atoms with Crippen LogP contribution in [0.5, 0.6) is 0 Å². The summed E-state index contributed by atoms with van der Waals surface area (Å²) in [6, 6.07) is 16.7. The Morgan fingerprint density at radius 3 is 2.61 bits per heavy atom. The minimum absolute atomic E-state index is 0.0884. The van der Waals surface area contributed by atoms with Crippen molar-refractivity contribution in [1.82, 2.24) is 23.6 Å². The van der Waals surface area contributed by atoms with Crippen molar-refractivity contribution >= 4 is 21.1 Å². The highest BCUT2D eigenvalue weighted by Crippen LogP contribution is 2.30. The zero-order valence-electron chi connectivity index (χ0n) is 15.1. The average molecular weight is 393 g/mol. The lowest BCUT2D eigenvalue weighted by Gasteiger charge is -2.18. The van der Waals surface area contributed by atoms with E-state index in [4.69, 9.17) is 0 Å². The summed E-state index contributed by atoms with van der Waals surface area (Å²) in [4.78, 5) is 4.73. The van der Waals surface area contributed by atoms with Gasteiger partial charge in [0.05, 0.1) is 34.0 Å². The molecule has 7 nitrogen and oxygen atoms in total. The third kappa shape index (κ3) is 2.81. The van der Waals surface area contributed by atoms with Gasteiger partial charge in [0.1, 0.15) is 0 Å². The van der Waals surface area contributed by atoms with Crippen molar-refractivity contribution < 1.29 is 8.42 Å². The maximum Gasteiger partial charge on any atom is 0.243 e. The number of nitrogens with zero attached hydrogens (tertiary/aromatic N) is 5. The van der Waals surface area contributed by atoms with Crippen molar-refractivity contribution in [2.75, 3.05) is 13.1 Å². The first-order valence-electron chi connectivity index (χ1n) is 9.15. The molecule has 0 saturated carbocycles. The van der Waals surface area contributed by atoms with E-state index in [0.29, 0.717) is 18.0 Å². The Kier molecular flexibility index (Phi) is 4.03. The van der Waals surface area contributed by atoms with E-state index in [2.05, 4.69) is 14.6 Å². The van der Waals surface area contributed by atoms with E-state index < -0.39 is 10.0 Å². The first-order valence-corrected chi connectivity index (χ1v) is 10.6. The Labute approximate surface area is 162 Å². The molecule has 2 aromatic carbocycles. The number of benzene rings is 2. The van der Waals surface area contributed by atoms with Crippen LogP contribution in [0.1, 0.15) is 12.5 Å². The third-order valence-electron chi connectivity index (χ3n) is 5.24. The van der Waals surface area contributed by atoms with Gasteiger partial charge >= 0.3 is 0 Å². The molecule has 0 spiro atoms. The van der Waals surface area contributed by atoms with Crippen LogP contribution in [0.15, 0.2) is 78.2 Å². The summed E-state index contributed by atoms with van der Waals surface area (Å²) < 4.78 is 31.5. The maximum atomic E-state index is 13.1. The van der Waals surface area contributed by atoms with Gasteiger partial charge in [-0.3, -0.25) is 0 Å². The molecule has 1 aliphatic heterocycles. The van der Waals surface area contributed by atoms with Crippen LogP contribution in [-0.4, -0.2) is 45.1 Å². The van der Waals surface area contributed by atoms with Crippen molar-refractivity contribution in [3.05, 3.63) is 73.3 Å². The van der Waals surface area contributed by atoms with Crippen molar-refractivity contribution in [3.8, 4) is 5.69 Å². The summed E-state index contributed by atoms with van der Waals surface area (Å²) in [6.07, 6.45) is 6.09. The number of rotatable bonds is 4. The fourth-order valence-electron chi connectivity index (χ4n) is 3.77. The Bertz CT molecular complexity index is 1210. The number of para-hydroxylation sites is 2. The summed E-state index contributed by atoms with van der Waals surface area (Å²) in [7, 11) is -3.53. The Morgan fingerprint density at radius 2 is 1.82 bits per heavy atom. The molecule has 1 aliphatic rings. The fraction of sp³-hybridized carbons (Fsp3) is 0.200. The molecule has 0 bridgehead atoms. The lowest BCUT2D eigenvalue weighted by atomic mass is 10.2. The molecule has 5 rings (SSSR count). The molecule has 1 saturated heterocycles. The Balaban J connectivity index is 1.39. The van der Waals surface area contributed by atoms with Crippen LogP contribution in [0.3, 0.4) is 0 Å². The van der Waals surface area contributed by atoms with Gasteiger partial charge in [0, 0.05) is 25.5 Å². The molecule has 0 amide bonds. The maximum absolute atomic E-state index is 13.1. The number of hydrogen-bond acceptors (Lipinski definition) is 4. The van der Waals surface area contributed by atoms with Gasteiger partial charge < -0.3 is 4.57 Å². The molecule has 0 radical (unpaired) electrons. The van der Waals surface area contributed by atoms with Gasteiger partial charge in [0.15, 0.2) is 0 Å². The fourth-order valence-corrected chi connectivity index (χ4v) is 5.26. The number of sulfonamides is 1. The number of hydrogen-bond donors (Lipinski definition) is 0. The summed E-state index contributed by atoms with van der Waals surface area (Å²) in [5.41, 5.74) is 2.79. The van der Waals surface area contributed by atoms with E-state index in [-0.39, 0.29) is 6.04 Å². The second-order valence-corrected chi connectivity index (χ2v) is 8.83. The van der Waals surface area contributed by atoms with Crippen molar-refractivity contribution in [2.24, 2.45) is 0 Å². The Hall–Kier alpha value is -2.97. The van der Waals surface area contributed by atoms with Crippen LogP contribution >= 0.6 is 0 Å². The van der Waals surface area contributed by atoms with Crippen LogP contribution in [0.25, 0.3) is 16.7 Å². The molecule has 0 aliphatic carbocycles. The second kappa shape index (κ2) is 6.57.